The van der Waals surface area contributed by atoms with Crippen LogP contribution in [-0.4, -0.2) is 78.0 Å². The summed E-state index contributed by atoms with van der Waals surface area (Å²) >= 11 is 6.30. The Morgan fingerprint density at radius 2 is 1.51 bits per heavy atom. The predicted molar refractivity (Wildman–Crippen MR) is 214 cm³/mol. The van der Waals surface area contributed by atoms with Crippen molar-refractivity contribution in [3.8, 4) is 5.75 Å². The smallest absolute Gasteiger partial charge is 0.264 e. The summed E-state index contributed by atoms with van der Waals surface area (Å²) in [6.45, 7) is 1.35. The molecule has 2 heterocycles. The quantitative estimate of drug-likeness (QED) is 0.0506. The van der Waals surface area contributed by atoms with Crippen molar-refractivity contribution in [2.75, 3.05) is 37.9 Å². The van der Waals surface area contributed by atoms with Crippen molar-refractivity contribution >= 4 is 58.0 Å². The number of rotatable bonds is 17. The number of nitrogens with zero attached hydrogens (tertiary/aromatic N) is 2. The highest BCUT2D eigenvalue weighted by Gasteiger charge is 2.45. The number of hydrogen-bond acceptors (Lipinski definition) is 7. The standard InChI is InChI=1S/C44H45ClN4O6/c1-48(28-29-55-33-21-19-32(20-22-33)40(31-14-7-3-8-15-31)34(25-26-45)30-12-5-2-6-13-30)39(51)18-9-4-10-27-46-36-17-11-16-35-41(36)44(54)49(43(35)53)37-23-24-38(50)47-42(37)52/h2-3,5-8,11-17,19-22,37,46H,4,9-10,18,23-29H2,1H3,(H,47,50,52)/b40-34-. The zero-order valence-electron chi connectivity index (χ0n) is 30.9. The summed E-state index contributed by atoms with van der Waals surface area (Å²) in [5, 5.41) is 5.47. The van der Waals surface area contributed by atoms with E-state index in [4.69, 9.17) is 16.3 Å². The third-order valence-electron chi connectivity index (χ3n) is 9.95. The van der Waals surface area contributed by atoms with E-state index in [1.165, 1.54) is 5.57 Å². The van der Waals surface area contributed by atoms with E-state index in [-0.39, 0.29) is 29.9 Å². The number of alkyl halides is 1. The van der Waals surface area contributed by atoms with E-state index in [1.54, 1.807) is 30.1 Å². The highest BCUT2D eigenvalue weighted by Crippen LogP contribution is 2.36. The Bertz CT molecular complexity index is 2050. The van der Waals surface area contributed by atoms with Crippen molar-refractivity contribution in [2.45, 2.75) is 51.0 Å². The number of fused-ring (bicyclic) bond motifs is 1. The molecule has 2 N–H and O–H groups in total. The number of amides is 5. The maximum Gasteiger partial charge on any atom is 0.264 e. The fraction of sp³-hybridized carbons (Fsp3) is 0.295. The van der Waals surface area contributed by atoms with Gasteiger partial charge >= 0.3 is 0 Å². The number of piperidine rings is 1. The normalized spacial score (nSPS) is 15.7. The zero-order chi connectivity index (χ0) is 38.7. The van der Waals surface area contributed by atoms with Gasteiger partial charge in [-0.2, -0.15) is 0 Å². The van der Waals surface area contributed by atoms with Gasteiger partial charge in [0.1, 0.15) is 18.4 Å². The highest BCUT2D eigenvalue weighted by molar-refractivity contribution is 6.25. The minimum absolute atomic E-state index is 0.0378. The Labute approximate surface area is 326 Å². The van der Waals surface area contributed by atoms with Crippen LogP contribution in [0.3, 0.4) is 0 Å². The van der Waals surface area contributed by atoms with Gasteiger partial charge in [0.15, 0.2) is 0 Å². The summed E-state index contributed by atoms with van der Waals surface area (Å²) in [7, 11) is 1.78. The molecule has 55 heavy (non-hydrogen) atoms. The summed E-state index contributed by atoms with van der Waals surface area (Å²) in [5.74, 6) is -0.866. The van der Waals surface area contributed by atoms with E-state index >= 15 is 0 Å². The van der Waals surface area contributed by atoms with E-state index in [9.17, 15) is 24.0 Å². The summed E-state index contributed by atoms with van der Waals surface area (Å²) in [5.41, 5.74) is 6.63. The number of likely N-dealkylation sites (N-methyl/N-ethyl adjacent to an activating group) is 1. The fourth-order valence-electron chi connectivity index (χ4n) is 7.06. The van der Waals surface area contributed by atoms with Crippen LogP contribution in [0.25, 0.3) is 11.1 Å². The molecule has 10 nitrogen and oxygen atoms in total. The average Bonchev–Trinajstić information content (AvgIpc) is 3.46. The number of allylic oxidation sites excluding steroid dienone is 1. The SMILES string of the molecule is CN(CCOc1ccc(/C(=C(/CCCl)c2ccccc2)c2ccccc2)cc1)C(=O)CCCCCNc1cccc2c1C(=O)N(C1CCC(=O)NC1=O)C2=O. The maximum absolute atomic E-state index is 13.3. The average molecular weight is 761 g/mol. The van der Waals surface area contributed by atoms with Crippen molar-refractivity contribution in [1.82, 2.24) is 15.1 Å². The van der Waals surface area contributed by atoms with E-state index in [2.05, 4.69) is 47.0 Å². The van der Waals surface area contributed by atoms with Gasteiger partial charge in [0.2, 0.25) is 17.7 Å². The number of imide groups is 2. The maximum atomic E-state index is 13.3. The van der Waals surface area contributed by atoms with E-state index in [0.717, 1.165) is 52.2 Å². The Balaban J connectivity index is 0.947. The lowest BCUT2D eigenvalue weighted by Gasteiger charge is -2.27. The number of carbonyl (C=O) groups is 5. The number of anilines is 1. The van der Waals surface area contributed by atoms with Crippen molar-refractivity contribution < 1.29 is 28.7 Å². The Morgan fingerprint density at radius 3 is 2.20 bits per heavy atom. The zero-order valence-corrected chi connectivity index (χ0v) is 31.6. The van der Waals surface area contributed by atoms with Gasteiger partial charge in [0, 0.05) is 38.0 Å². The lowest BCUT2D eigenvalue weighted by molar-refractivity contribution is -0.136. The summed E-state index contributed by atoms with van der Waals surface area (Å²) in [6.07, 6.45) is 3.54. The molecule has 2 aliphatic rings. The summed E-state index contributed by atoms with van der Waals surface area (Å²) in [6, 6.07) is 32.7. The van der Waals surface area contributed by atoms with E-state index in [0.29, 0.717) is 44.1 Å². The van der Waals surface area contributed by atoms with E-state index < -0.39 is 29.7 Å². The summed E-state index contributed by atoms with van der Waals surface area (Å²) in [4.78, 5) is 65.9. The van der Waals surface area contributed by atoms with Crippen LogP contribution in [0.15, 0.2) is 103 Å². The molecular formula is C44H45ClN4O6. The van der Waals surface area contributed by atoms with Crippen molar-refractivity contribution in [3.63, 3.8) is 0 Å². The van der Waals surface area contributed by atoms with Gasteiger partial charge in [-0.3, -0.25) is 34.2 Å². The summed E-state index contributed by atoms with van der Waals surface area (Å²) < 4.78 is 6.04. The van der Waals surface area contributed by atoms with E-state index in [1.807, 2.05) is 48.5 Å². The number of carbonyl (C=O) groups excluding carboxylic acids is 5. The molecule has 0 aliphatic carbocycles. The molecule has 0 radical (unpaired) electrons. The number of hydrogen-bond donors (Lipinski definition) is 2. The molecule has 1 atom stereocenters. The minimum Gasteiger partial charge on any atom is -0.492 e. The first-order valence-electron chi connectivity index (χ1n) is 18.7. The van der Waals surface area contributed by atoms with Crippen molar-refractivity contribution in [1.29, 1.82) is 0 Å². The molecule has 4 aromatic carbocycles. The highest BCUT2D eigenvalue weighted by atomic mass is 35.5. The Morgan fingerprint density at radius 1 is 0.818 bits per heavy atom. The van der Waals surface area contributed by atoms with Gasteiger partial charge in [0.25, 0.3) is 11.8 Å². The Kier molecular flexibility index (Phi) is 13.1. The largest absolute Gasteiger partial charge is 0.492 e. The number of ether oxygens (including phenoxy) is 1. The number of halogens is 1. The van der Waals surface area contributed by atoms with Gasteiger partial charge < -0.3 is 15.0 Å². The lowest BCUT2D eigenvalue weighted by Crippen LogP contribution is -2.54. The molecule has 0 bridgehead atoms. The molecule has 11 heteroatoms. The number of nitrogens with one attached hydrogen (secondary N) is 2. The van der Waals surface area contributed by atoms with Crippen molar-refractivity contribution in [3.05, 3.63) is 131 Å². The van der Waals surface area contributed by atoms with Gasteiger partial charge in [0.05, 0.1) is 17.7 Å². The molecule has 284 valence electrons. The molecule has 5 amide bonds. The number of benzene rings is 4. The molecule has 0 aromatic heterocycles. The fourth-order valence-corrected chi connectivity index (χ4v) is 7.25. The second kappa shape index (κ2) is 18.5. The third-order valence-corrected chi connectivity index (χ3v) is 10.1. The molecule has 1 saturated heterocycles. The molecule has 4 aromatic rings. The Hall–Kier alpha value is -5.74. The van der Waals surface area contributed by atoms with Crippen LogP contribution in [0.1, 0.15) is 82.4 Å². The lowest BCUT2D eigenvalue weighted by atomic mass is 9.88. The first kappa shape index (κ1) is 39.0. The van der Waals surface area contributed by atoms with Gasteiger partial charge in [-0.05, 0) is 77.8 Å². The van der Waals surface area contributed by atoms with Gasteiger partial charge in [-0.15, -0.1) is 11.6 Å². The van der Waals surface area contributed by atoms with Crippen LogP contribution in [0.4, 0.5) is 5.69 Å². The first-order chi connectivity index (χ1) is 26.8. The van der Waals surface area contributed by atoms with Gasteiger partial charge in [-0.1, -0.05) is 85.3 Å². The third kappa shape index (κ3) is 9.32. The van der Waals surface area contributed by atoms with Crippen molar-refractivity contribution in [2.24, 2.45) is 0 Å². The van der Waals surface area contributed by atoms with Crippen LogP contribution < -0.4 is 15.4 Å². The monoisotopic (exact) mass is 760 g/mol. The van der Waals surface area contributed by atoms with Crippen LogP contribution in [0.5, 0.6) is 5.75 Å². The number of unbranched alkanes of at least 4 members (excludes halogenated alkanes) is 2. The minimum atomic E-state index is -1.01. The molecule has 6 rings (SSSR count). The molecule has 0 saturated carbocycles. The van der Waals surface area contributed by atoms with Crippen LogP contribution in [0.2, 0.25) is 0 Å². The molecule has 1 unspecified atom stereocenters. The molecule has 1 fully saturated rings. The van der Waals surface area contributed by atoms with Crippen LogP contribution in [-0.2, 0) is 14.4 Å². The van der Waals surface area contributed by atoms with Gasteiger partial charge in [-0.25, -0.2) is 0 Å². The first-order valence-corrected chi connectivity index (χ1v) is 19.3. The second-order valence-corrected chi connectivity index (χ2v) is 14.0. The van der Waals surface area contributed by atoms with Crippen LogP contribution in [0, 0.1) is 0 Å². The predicted octanol–water partition coefficient (Wildman–Crippen LogP) is 7.19. The second-order valence-electron chi connectivity index (χ2n) is 13.6. The molecule has 0 spiro atoms. The molecule has 2 aliphatic heterocycles. The topological polar surface area (TPSA) is 125 Å². The van der Waals surface area contributed by atoms with Crippen LogP contribution >= 0.6 is 11.6 Å². The molecular weight excluding hydrogens is 716 g/mol.